The molecule has 3 atom stereocenters. The molecule has 1 saturated heterocycles. The number of hydrogen-bond donors (Lipinski definition) is 2. The minimum atomic E-state index is -4.80. The number of carbonyl (C=O) groups excluding carboxylic acids is 1. The van der Waals surface area contributed by atoms with Crippen molar-refractivity contribution in [1.29, 1.82) is 0 Å². The molecule has 0 aromatic carbocycles. The molecule has 2 fully saturated rings. The van der Waals surface area contributed by atoms with Crippen LogP contribution in [0.4, 0.5) is 17.6 Å². The molecule has 140 valence electrons. The fraction of sp³-hybridized carbons (Fsp3) is 0.529. The van der Waals surface area contributed by atoms with Crippen LogP contribution in [0.3, 0.4) is 0 Å². The van der Waals surface area contributed by atoms with Gasteiger partial charge in [0, 0.05) is 12.1 Å². The SMILES string of the molecule is CC(C)(NC(=O)C1[C@H]2CNC[C@@H]12)c1nc(C(F)(F)F)c2c(F)cccn12. The van der Waals surface area contributed by atoms with E-state index in [2.05, 4.69) is 15.6 Å². The highest BCUT2D eigenvalue weighted by atomic mass is 19.4. The molecule has 2 aliphatic rings. The van der Waals surface area contributed by atoms with E-state index in [1.807, 2.05) is 0 Å². The Bertz CT molecular complexity index is 879. The molecule has 5 nitrogen and oxygen atoms in total. The molecule has 2 N–H and O–H groups in total. The van der Waals surface area contributed by atoms with Crippen LogP contribution in [0.2, 0.25) is 0 Å². The van der Waals surface area contributed by atoms with E-state index < -0.39 is 28.7 Å². The van der Waals surface area contributed by atoms with Crippen molar-refractivity contribution in [1.82, 2.24) is 20.0 Å². The van der Waals surface area contributed by atoms with E-state index in [0.29, 0.717) is 0 Å². The number of amides is 1. The average Bonchev–Trinajstić information content (AvgIpc) is 2.89. The molecule has 1 saturated carbocycles. The number of carbonyl (C=O) groups is 1. The summed E-state index contributed by atoms with van der Waals surface area (Å²) in [6.07, 6.45) is -3.48. The molecule has 2 aromatic heterocycles. The minimum Gasteiger partial charge on any atom is -0.344 e. The van der Waals surface area contributed by atoms with Crippen LogP contribution >= 0.6 is 0 Å². The summed E-state index contributed by atoms with van der Waals surface area (Å²) < 4.78 is 55.1. The third-order valence-corrected chi connectivity index (χ3v) is 5.27. The first-order valence-corrected chi connectivity index (χ1v) is 8.38. The second kappa shape index (κ2) is 5.42. The highest BCUT2D eigenvalue weighted by molar-refractivity contribution is 5.83. The van der Waals surface area contributed by atoms with E-state index >= 15 is 0 Å². The van der Waals surface area contributed by atoms with Crippen LogP contribution in [0.1, 0.15) is 25.4 Å². The van der Waals surface area contributed by atoms with Gasteiger partial charge in [-0.15, -0.1) is 0 Å². The third kappa shape index (κ3) is 2.56. The normalized spacial score (nSPS) is 25.4. The Morgan fingerprint density at radius 3 is 2.58 bits per heavy atom. The first-order chi connectivity index (χ1) is 12.1. The van der Waals surface area contributed by atoms with Gasteiger partial charge in [0.1, 0.15) is 17.2 Å². The lowest BCUT2D eigenvalue weighted by Gasteiger charge is -2.25. The lowest BCUT2D eigenvalue weighted by atomic mass is 10.0. The molecular formula is C17H18F4N4O. The first kappa shape index (κ1) is 17.3. The van der Waals surface area contributed by atoms with Gasteiger partial charge >= 0.3 is 6.18 Å². The maximum atomic E-state index is 14.1. The molecule has 26 heavy (non-hydrogen) atoms. The topological polar surface area (TPSA) is 58.4 Å². The van der Waals surface area contributed by atoms with Crippen LogP contribution in [0.5, 0.6) is 0 Å². The van der Waals surface area contributed by atoms with Crippen LogP contribution in [-0.2, 0) is 16.5 Å². The third-order valence-electron chi connectivity index (χ3n) is 5.27. The van der Waals surface area contributed by atoms with Crippen molar-refractivity contribution >= 4 is 11.4 Å². The highest BCUT2D eigenvalue weighted by Gasteiger charge is 2.57. The summed E-state index contributed by atoms with van der Waals surface area (Å²) >= 11 is 0. The predicted octanol–water partition coefficient (Wildman–Crippen LogP) is 2.31. The van der Waals surface area contributed by atoms with Gasteiger partial charge in [0.2, 0.25) is 5.91 Å². The zero-order chi connectivity index (χ0) is 18.9. The van der Waals surface area contributed by atoms with Crippen molar-refractivity contribution in [3.05, 3.63) is 35.7 Å². The molecule has 0 radical (unpaired) electrons. The summed E-state index contributed by atoms with van der Waals surface area (Å²) in [5.41, 5.74) is -3.12. The second-order valence-corrected chi connectivity index (χ2v) is 7.48. The molecule has 2 aromatic rings. The number of halogens is 4. The lowest BCUT2D eigenvalue weighted by molar-refractivity contribution is -0.139. The Hall–Kier alpha value is -2.16. The molecule has 3 heterocycles. The highest BCUT2D eigenvalue weighted by Crippen LogP contribution is 2.49. The number of rotatable bonds is 3. The molecule has 0 bridgehead atoms. The summed E-state index contributed by atoms with van der Waals surface area (Å²) in [5, 5.41) is 5.99. The number of imidazole rings is 1. The number of nitrogens with zero attached hydrogens (tertiary/aromatic N) is 2. The first-order valence-electron chi connectivity index (χ1n) is 8.38. The molecule has 1 unspecified atom stereocenters. The molecule has 4 rings (SSSR count). The number of nitrogens with one attached hydrogen (secondary N) is 2. The predicted molar refractivity (Wildman–Crippen MR) is 84.7 cm³/mol. The zero-order valence-corrected chi connectivity index (χ0v) is 14.2. The Balaban J connectivity index is 1.71. The van der Waals surface area contributed by atoms with E-state index in [1.54, 1.807) is 13.8 Å². The summed E-state index contributed by atoms with van der Waals surface area (Å²) in [6.45, 7) is 4.69. The van der Waals surface area contributed by atoms with Crippen molar-refractivity contribution < 1.29 is 22.4 Å². The van der Waals surface area contributed by atoms with E-state index in [9.17, 15) is 22.4 Å². The van der Waals surface area contributed by atoms with Gasteiger partial charge in [0.05, 0.1) is 5.54 Å². The second-order valence-electron chi connectivity index (χ2n) is 7.48. The van der Waals surface area contributed by atoms with Gasteiger partial charge in [-0.3, -0.25) is 9.20 Å². The largest absolute Gasteiger partial charge is 0.435 e. The van der Waals surface area contributed by atoms with Crippen LogP contribution in [0, 0.1) is 23.6 Å². The van der Waals surface area contributed by atoms with Gasteiger partial charge in [-0.2, -0.15) is 13.2 Å². The van der Waals surface area contributed by atoms with Crippen molar-refractivity contribution in [2.45, 2.75) is 25.6 Å². The molecule has 1 aliphatic carbocycles. The van der Waals surface area contributed by atoms with Gasteiger partial charge in [0.15, 0.2) is 5.69 Å². The minimum absolute atomic E-state index is 0.0587. The van der Waals surface area contributed by atoms with Crippen molar-refractivity contribution in [3.63, 3.8) is 0 Å². The molecule has 0 spiro atoms. The average molecular weight is 370 g/mol. The Labute approximate surface area is 146 Å². The summed E-state index contributed by atoms with van der Waals surface area (Å²) in [4.78, 5) is 16.2. The van der Waals surface area contributed by atoms with Crippen LogP contribution in [-0.4, -0.2) is 28.4 Å². The number of aromatic nitrogens is 2. The number of fused-ring (bicyclic) bond motifs is 2. The monoisotopic (exact) mass is 370 g/mol. The number of hydrogen-bond acceptors (Lipinski definition) is 3. The molecule has 1 aliphatic heterocycles. The molecule has 9 heteroatoms. The van der Waals surface area contributed by atoms with E-state index in [4.69, 9.17) is 0 Å². The Morgan fingerprint density at radius 1 is 1.31 bits per heavy atom. The number of piperidine rings is 1. The fourth-order valence-electron chi connectivity index (χ4n) is 3.99. The van der Waals surface area contributed by atoms with Gasteiger partial charge in [-0.05, 0) is 50.9 Å². The fourth-order valence-corrected chi connectivity index (χ4v) is 3.99. The van der Waals surface area contributed by atoms with E-state index in [1.165, 1.54) is 12.3 Å². The maximum absolute atomic E-state index is 14.1. The number of alkyl halides is 3. The van der Waals surface area contributed by atoms with Gasteiger partial charge in [-0.25, -0.2) is 9.37 Å². The number of pyridine rings is 1. The lowest BCUT2D eigenvalue weighted by Crippen LogP contribution is -2.44. The summed E-state index contributed by atoms with van der Waals surface area (Å²) in [6, 6.07) is 2.27. The van der Waals surface area contributed by atoms with Gasteiger partial charge < -0.3 is 10.6 Å². The van der Waals surface area contributed by atoms with Crippen molar-refractivity contribution in [2.75, 3.05) is 13.1 Å². The van der Waals surface area contributed by atoms with E-state index in [0.717, 1.165) is 23.6 Å². The summed E-state index contributed by atoms with van der Waals surface area (Å²) in [5.74, 6) is -0.828. The smallest absolute Gasteiger partial charge is 0.344 e. The maximum Gasteiger partial charge on any atom is 0.435 e. The summed E-state index contributed by atoms with van der Waals surface area (Å²) in [7, 11) is 0. The van der Waals surface area contributed by atoms with Crippen LogP contribution in [0.15, 0.2) is 18.3 Å². The van der Waals surface area contributed by atoms with E-state index in [-0.39, 0.29) is 29.5 Å². The van der Waals surface area contributed by atoms with Crippen molar-refractivity contribution in [2.24, 2.45) is 17.8 Å². The molecule has 1 amide bonds. The van der Waals surface area contributed by atoms with Crippen LogP contribution in [0.25, 0.3) is 5.52 Å². The van der Waals surface area contributed by atoms with Crippen LogP contribution < -0.4 is 10.6 Å². The Kier molecular flexibility index (Phi) is 3.60. The van der Waals surface area contributed by atoms with Gasteiger partial charge in [-0.1, -0.05) is 0 Å². The van der Waals surface area contributed by atoms with Crippen molar-refractivity contribution in [3.8, 4) is 0 Å². The standard InChI is InChI=1S/C17H18F4N4O/c1-16(2,24-14(26)11-8-6-22-7-9(8)11)15-23-13(17(19,20)21)12-10(18)4-3-5-25(12)15/h3-5,8-9,11,22H,6-7H2,1-2H3,(H,24,26)/t8-,9+,11?. The quantitative estimate of drug-likeness (QED) is 0.816. The Morgan fingerprint density at radius 2 is 1.96 bits per heavy atom. The molecular weight excluding hydrogens is 352 g/mol. The zero-order valence-electron chi connectivity index (χ0n) is 14.2. The van der Waals surface area contributed by atoms with Gasteiger partial charge in [0.25, 0.3) is 0 Å².